The molecule has 6 rings (SSSR count). The highest BCUT2D eigenvalue weighted by Crippen LogP contribution is 2.34. The Labute approximate surface area is 161 Å². The lowest BCUT2D eigenvalue weighted by Crippen LogP contribution is -2.55. The predicted molar refractivity (Wildman–Crippen MR) is 104 cm³/mol. The van der Waals surface area contributed by atoms with E-state index in [4.69, 9.17) is 0 Å². The SMILES string of the molecule is O=C(C1NNC2CCCCC21)N1C[C@H]2CC[C@@H]1CN(Cc1ccccn1)C2. The molecule has 5 fully saturated rings. The molecule has 6 heteroatoms. The van der Waals surface area contributed by atoms with Crippen LogP contribution in [0.15, 0.2) is 24.4 Å². The highest BCUT2D eigenvalue weighted by molar-refractivity contribution is 5.83. The van der Waals surface area contributed by atoms with Gasteiger partial charge in [0.25, 0.3) is 0 Å². The molecule has 5 aliphatic rings. The maximum Gasteiger partial charge on any atom is 0.241 e. The molecule has 4 saturated heterocycles. The standard InChI is InChI=1S/C21H31N5O/c27-21(20-18-6-1-2-7-19(18)23-24-20)26-12-15-8-9-17(26)14-25(11-15)13-16-5-3-4-10-22-16/h3-5,10,15,17-20,23-24H,1-2,6-9,11-14H2/t15-,17+,18?,19?,20?/m0/s1. The van der Waals surface area contributed by atoms with E-state index in [1.54, 1.807) is 0 Å². The topological polar surface area (TPSA) is 60.5 Å². The molecule has 1 aromatic rings. The van der Waals surface area contributed by atoms with Crippen molar-refractivity contribution < 1.29 is 4.79 Å². The molecule has 2 N–H and O–H groups in total. The lowest BCUT2D eigenvalue weighted by Gasteiger charge is -2.39. The number of nitrogens with one attached hydrogen (secondary N) is 2. The van der Waals surface area contributed by atoms with Crippen molar-refractivity contribution in [2.24, 2.45) is 11.8 Å². The van der Waals surface area contributed by atoms with E-state index in [1.807, 2.05) is 12.3 Å². The maximum atomic E-state index is 13.5. The molecule has 0 aromatic carbocycles. The van der Waals surface area contributed by atoms with E-state index in [2.05, 4.69) is 37.8 Å². The normalized spacial score (nSPS) is 36.4. The summed E-state index contributed by atoms with van der Waals surface area (Å²) in [6, 6.07) is 6.94. The molecule has 1 aliphatic carbocycles. The lowest BCUT2D eigenvalue weighted by atomic mass is 9.81. The summed E-state index contributed by atoms with van der Waals surface area (Å²) >= 11 is 0. The lowest BCUT2D eigenvalue weighted by molar-refractivity contribution is -0.138. The predicted octanol–water partition coefficient (Wildman–Crippen LogP) is 1.54. The van der Waals surface area contributed by atoms with Crippen LogP contribution in [0.2, 0.25) is 0 Å². The molecule has 1 amide bonds. The molecule has 1 saturated carbocycles. The van der Waals surface area contributed by atoms with E-state index in [0.29, 0.717) is 29.8 Å². The molecular formula is C21H31N5O. The fourth-order valence-corrected chi connectivity index (χ4v) is 5.76. The average Bonchev–Trinajstić information content (AvgIpc) is 2.94. The Morgan fingerprint density at radius 3 is 2.89 bits per heavy atom. The van der Waals surface area contributed by atoms with Crippen molar-refractivity contribution in [1.29, 1.82) is 0 Å². The Morgan fingerprint density at radius 1 is 1.07 bits per heavy atom. The van der Waals surface area contributed by atoms with Gasteiger partial charge in [-0.2, -0.15) is 0 Å². The van der Waals surface area contributed by atoms with E-state index < -0.39 is 0 Å². The Hall–Kier alpha value is -1.50. The summed E-state index contributed by atoms with van der Waals surface area (Å²) in [6.45, 7) is 3.88. The zero-order valence-corrected chi connectivity index (χ0v) is 16.0. The molecule has 3 unspecified atom stereocenters. The molecule has 5 heterocycles. The zero-order chi connectivity index (χ0) is 18.2. The van der Waals surface area contributed by atoms with Crippen LogP contribution in [0.4, 0.5) is 0 Å². The molecule has 6 nitrogen and oxygen atoms in total. The van der Waals surface area contributed by atoms with Gasteiger partial charge in [0.2, 0.25) is 5.91 Å². The number of fused-ring (bicyclic) bond motifs is 5. The van der Waals surface area contributed by atoms with Gasteiger partial charge in [-0.3, -0.25) is 20.1 Å². The fourth-order valence-electron chi connectivity index (χ4n) is 5.76. The van der Waals surface area contributed by atoms with E-state index in [1.165, 1.54) is 32.1 Å². The van der Waals surface area contributed by atoms with Crippen molar-refractivity contribution in [2.75, 3.05) is 19.6 Å². The summed E-state index contributed by atoms with van der Waals surface area (Å²) in [5, 5.41) is 0. The molecule has 2 bridgehead atoms. The van der Waals surface area contributed by atoms with Gasteiger partial charge in [-0.15, -0.1) is 0 Å². The zero-order valence-electron chi connectivity index (χ0n) is 16.0. The Morgan fingerprint density at radius 2 is 2.00 bits per heavy atom. The highest BCUT2D eigenvalue weighted by atomic mass is 16.2. The summed E-state index contributed by atoms with van der Waals surface area (Å²) < 4.78 is 0. The van der Waals surface area contributed by atoms with Gasteiger partial charge < -0.3 is 4.90 Å². The van der Waals surface area contributed by atoms with Gasteiger partial charge in [0.15, 0.2) is 0 Å². The van der Waals surface area contributed by atoms with E-state index in [9.17, 15) is 4.79 Å². The second kappa shape index (κ2) is 7.49. The number of rotatable bonds is 3. The van der Waals surface area contributed by atoms with Crippen LogP contribution < -0.4 is 10.9 Å². The van der Waals surface area contributed by atoms with Crippen molar-refractivity contribution in [2.45, 2.75) is 63.2 Å². The van der Waals surface area contributed by atoms with Crippen molar-refractivity contribution in [3.05, 3.63) is 30.1 Å². The Bertz CT molecular complexity index is 668. The molecular weight excluding hydrogens is 338 g/mol. The first-order chi connectivity index (χ1) is 13.3. The number of hydrogen-bond donors (Lipinski definition) is 2. The molecule has 1 aromatic heterocycles. The van der Waals surface area contributed by atoms with Gasteiger partial charge >= 0.3 is 0 Å². The third-order valence-electron chi connectivity index (χ3n) is 7.12. The van der Waals surface area contributed by atoms with Gasteiger partial charge in [0.1, 0.15) is 6.04 Å². The molecule has 0 radical (unpaired) electrons. The van der Waals surface area contributed by atoms with Crippen molar-refractivity contribution in [3.63, 3.8) is 0 Å². The number of nitrogens with zero attached hydrogens (tertiary/aromatic N) is 3. The van der Waals surface area contributed by atoms with Crippen LogP contribution in [0.3, 0.4) is 0 Å². The third kappa shape index (κ3) is 3.50. The maximum absolute atomic E-state index is 13.5. The van der Waals surface area contributed by atoms with Gasteiger partial charge in [0.05, 0.1) is 5.69 Å². The number of piperidine rings is 1. The van der Waals surface area contributed by atoms with Gasteiger partial charge in [-0.05, 0) is 43.7 Å². The molecule has 146 valence electrons. The summed E-state index contributed by atoms with van der Waals surface area (Å²) in [5.41, 5.74) is 7.90. The molecule has 5 atom stereocenters. The third-order valence-corrected chi connectivity index (χ3v) is 7.12. The van der Waals surface area contributed by atoms with E-state index in [-0.39, 0.29) is 6.04 Å². The van der Waals surface area contributed by atoms with E-state index >= 15 is 0 Å². The summed E-state index contributed by atoms with van der Waals surface area (Å²) in [6.07, 6.45) is 9.18. The van der Waals surface area contributed by atoms with Crippen molar-refractivity contribution >= 4 is 5.91 Å². The van der Waals surface area contributed by atoms with Crippen LogP contribution in [0.5, 0.6) is 0 Å². The van der Waals surface area contributed by atoms with Gasteiger partial charge in [0, 0.05) is 50.4 Å². The van der Waals surface area contributed by atoms with Gasteiger partial charge in [-0.25, -0.2) is 5.43 Å². The summed E-state index contributed by atoms with van der Waals surface area (Å²) in [4.78, 5) is 22.7. The minimum absolute atomic E-state index is 0.0288. The number of carbonyl (C=O) groups excluding carboxylic acids is 1. The van der Waals surface area contributed by atoms with Crippen molar-refractivity contribution in [3.8, 4) is 0 Å². The number of hydrazine groups is 1. The second-order valence-electron chi connectivity index (χ2n) is 8.92. The monoisotopic (exact) mass is 369 g/mol. The van der Waals surface area contributed by atoms with Crippen LogP contribution in [-0.4, -0.2) is 58.5 Å². The minimum Gasteiger partial charge on any atom is -0.337 e. The summed E-state index contributed by atoms with van der Waals surface area (Å²) in [5.74, 6) is 1.40. The van der Waals surface area contributed by atoms with Crippen LogP contribution in [-0.2, 0) is 11.3 Å². The fraction of sp³-hybridized carbons (Fsp3) is 0.714. The number of pyridine rings is 1. The van der Waals surface area contributed by atoms with Crippen LogP contribution in [0.1, 0.15) is 44.2 Å². The first-order valence-electron chi connectivity index (χ1n) is 10.7. The van der Waals surface area contributed by atoms with Crippen LogP contribution in [0, 0.1) is 11.8 Å². The molecule has 0 spiro atoms. The quantitative estimate of drug-likeness (QED) is 0.846. The average molecular weight is 370 g/mol. The molecule has 4 aliphatic heterocycles. The van der Waals surface area contributed by atoms with Crippen LogP contribution in [0.25, 0.3) is 0 Å². The molecule has 27 heavy (non-hydrogen) atoms. The van der Waals surface area contributed by atoms with E-state index in [0.717, 1.165) is 38.3 Å². The Balaban J connectivity index is 1.28. The van der Waals surface area contributed by atoms with Gasteiger partial charge in [-0.1, -0.05) is 18.9 Å². The Kier molecular flexibility index (Phi) is 4.88. The second-order valence-corrected chi connectivity index (χ2v) is 8.92. The largest absolute Gasteiger partial charge is 0.337 e. The number of aromatic nitrogens is 1. The van der Waals surface area contributed by atoms with Crippen LogP contribution >= 0.6 is 0 Å². The number of amides is 1. The first-order valence-corrected chi connectivity index (χ1v) is 10.7. The minimum atomic E-state index is -0.0288. The smallest absolute Gasteiger partial charge is 0.241 e. The summed E-state index contributed by atoms with van der Waals surface area (Å²) in [7, 11) is 0. The first kappa shape index (κ1) is 17.6. The number of hydrogen-bond acceptors (Lipinski definition) is 5. The highest BCUT2D eigenvalue weighted by Gasteiger charge is 2.46. The van der Waals surface area contributed by atoms with Crippen molar-refractivity contribution in [1.82, 2.24) is 25.6 Å². The number of carbonyl (C=O) groups is 1.